The van der Waals surface area contributed by atoms with E-state index in [4.69, 9.17) is 9.47 Å². The number of para-hydroxylation sites is 1. The number of nitrogens with one attached hydrogen (secondary N) is 1. The molecule has 32 heavy (non-hydrogen) atoms. The van der Waals surface area contributed by atoms with Crippen LogP contribution >= 0.6 is 0 Å². The fourth-order valence-electron chi connectivity index (χ4n) is 3.20. The molecule has 0 unspecified atom stereocenters. The molecule has 162 valence electrons. The molecule has 0 radical (unpaired) electrons. The number of benzene rings is 2. The summed E-state index contributed by atoms with van der Waals surface area (Å²) in [7, 11) is 1.53. The molecule has 8 nitrogen and oxygen atoms in total. The molecule has 4 aromatic rings. The summed E-state index contributed by atoms with van der Waals surface area (Å²) < 4.78 is 12.9. The van der Waals surface area contributed by atoms with E-state index in [1.165, 1.54) is 13.4 Å². The molecule has 0 bridgehead atoms. The van der Waals surface area contributed by atoms with E-state index in [0.29, 0.717) is 34.4 Å². The van der Waals surface area contributed by atoms with Gasteiger partial charge in [-0.2, -0.15) is 5.10 Å². The van der Waals surface area contributed by atoms with Gasteiger partial charge in [0.15, 0.2) is 5.82 Å². The van der Waals surface area contributed by atoms with Crippen molar-refractivity contribution in [2.45, 2.75) is 20.8 Å². The van der Waals surface area contributed by atoms with E-state index in [-0.39, 0.29) is 5.91 Å². The Hall–Kier alpha value is -4.20. The van der Waals surface area contributed by atoms with Crippen LogP contribution in [0.15, 0.2) is 60.9 Å². The van der Waals surface area contributed by atoms with Gasteiger partial charge in [0, 0.05) is 17.4 Å². The highest BCUT2D eigenvalue weighted by molar-refractivity contribution is 6.06. The minimum atomic E-state index is -0.253. The second-order valence-corrected chi connectivity index (χ2v) is 7.20. The first-order valence-electron chi connectivity index (χ1n) is 10.0. The molecule has 1 N–H and O–H groups in total. The molecule has 2 heterocycles. The molecule has 1 amide bonds. The Kier molecular flexibility index (Phi) is 5.85. The zero-order valence-corrected chi connectivity index (χ0v) is 18.3. The molecule has 0 atom stereocenters. The molecule has 0 spiro atoms. The Morgan fingerprint density at radius 2 is 1.75 bits per heavy atom. The monoisotopic (exact) mass is 429 g/mol. The molecule has 4 rings (SSSR count). The molecule has 0 saturated heterocycles. The molecule has 0 saturated carbocycles. The van der Waals surface area contributed by atoms with Crippen molar-refractivity contribution < 1.29 is 14.3 Å². The zero-order valence-electron chi connectivity index (χ0n) is 18.3. The molecular formula is C24H23N5O3. The normalized spacial score (nSPS) is 10.6. The van der Waals surface area contributed by atoms with E-state index >= 15 is 0 Å². The highest BCUT2D eigenvalue weighted by atomic mass is 16.5. The number of aromatic nitrogens is 4. The summed E-state index contributed by atoms with van der Waals surface area (Å²) in [5, 5.41) is 7.38. The predicted molar refractivity (Wildman–Crippen MR) is 121 cm³/mol. The average molecular weight is 429 g/mol. The van der Waals surface area contributed by atoms with E-state index in [2.05, 4.69) is 20.4 Å². The van der Waals surface area contributed by atoms with Crippen molar-refractivity contribution in [1.82, 2.24) is 19.7 Å². The second kappa shape index (κ2) is 8.89. The molecule has 0 fully saturated rings. The predicted octanol–water partition coefficient (Wildman–Crippen LogP) is 4.64. The lowest BCUT2D eigenvalue weighted by atomic mass is 10.2. The first kappa shape index (κ1) is 21.0. The number of carbonyl (C=O) groups excluding carboxylic acids is 1. The number of methoxy groups -OCH3 is 1. The van der Waals surface area contributed by atoms with Crippen LogP contribution in [0, 0.1) is 20.8 Å². The van der Waals surface area contributed by atoms with Crippen molar-refractivity contribution in [2.24, 2.45) is 0 Å². The van der Waals surface area contributed by atoms with E-state index in [1.54, 1.807) is 53.2 Å². The summed E-state index contributed by atoms with van der Waals surface area (Å²) in [5.74, 6) is 1.86. The van der Waals surface area contributed by atoms with Gasteiger partial charge in [-0.1, -0.05) is 12.1 Å². The first-order chi connectivity index (χ1) is 15.5. The molecule has 2 aromatic carbocycles. The van der Waals surface area contributed by atoms with Gasteiger partial charge in [0.05, 0.1) is 18.4 Å². The Morgan fingerprint density at radius 3 is 2.44 bits per heavy atom. The third-order valence-corrected chi connectivity index (χ3v) is 5.18. The molecule has 0 aliphatic carbocycles. The Morgan fingerprint density at radius 1 is 1.00 bits per heavy atom. The van der Waals surface area contributed by atoms with E-state index in [9.17, 15) is 4.79 Å². The second-order valence-electron chi connectivity index (χ2n) is 7.20. The number of aryl methyl sites for hydroxylation is 1. The minimum Gasteiger partial charge on any atom is -0.496 e. The third-order valence-electron chi connectivity index (χ3n) is 5.18. The molecule has 0 aliphatic heterocycles. The van der Waals surface area contributed by atoms with Crippen LogP contribution in [0.2, 0.25) is 0 Å². The van der Waals surface area contributed by atoms with Crippen LogP contribution in [0.25, 0.3) is 5.82 Å². The molecule has 0 aliphatic rings. The van der Waals surface area contributed by atoms with Crippen molar-refractivity contribution >= 4 is 11.6 Å². The number of carbonyl (C=O) groups is 1. The first-order valence-corrected chi connectivity index (χ1v) is 10.0. The van der Waals surface area contributed by atoms with Gasteiger partial charge < -0.3 is 14.8 Å². The molecule has 2 aromatic heterocycles. The SMILES string of the molecule is COc1ccccc1C(=O)Nc1ccc(Oc2cc(-n3nc(C)c(C)c3C)ncn2)cc1. The maximum absolute atomic E-state index is 12.5. The van der Waals surface area contributed by atoms with Crippen LogP contribution in [-0.4, -0.2) is 32.8 Å². The highest BCUT2D eigenvalue weighted by Gasteiger charge is 2.13. The summed E-state index contributed by atoms with van der Waals surface area (Å²) in [6, 6.07) is 15.8. The standard InChI is InChI=1S/C24H23N5O3/c1-15-16(2)28-29(17(15)3)22-13-23(26-14-25-22)32-19-11-9-18(10-12-19)27-24(30)20-7-5-6-8-21(20)31-4/h5-14H,1-4H3,(H,27,30). The van der Waals surface area contributed by atoms with Gasteiger partial charge >= 0.3 is 0 Å². The summed E-state index contributed by atoms with van der Waals surface area (Å²) in [5.41, 5.74) is 4.19. The lowest BCUT2D eigenvalue weighted by molar-refractivity contribution is 0.102. The van der Waals surface area contributed by atoms with Gasteiger partial charge in [0.1, 0.15) is 17.8 Å². The fraction of sp³-hybridized carbons (Fsp3) is 0.167. The number of amides is 1. The quantitative estimate of drug-likeness (QED) is 0.480. The Balaban J connectivity index is 1.47. The van der Waals surface area contributed by atoms with Crippen LogP contribution in [0.3, 0.4) is 0 Å². The van der Waals surface area contributed by atoms with Crippen molar-refractivity contribution in [3.63, 3.8) is 0 Å². The maximum Gasteiger partial charge on any atom is 0.259 e. The molecule has 8 heteroatoms. The lowest BCUT2D eigenvalue weighted by Crippen LogP contribution is -2.12. The summed E-state index contributed by atoms with van der Waals surface area (Å²) >= 11 is 0. The summed E-state index contributed by atoms with van der Waals surface area (Å²) in [6.45, 7) is 5.99. The third kappa shape index (κ3) is 4.29. The Bertz CT molecular complexity index is 1270. The molecular weight excluding hydrogens is 406 g/mol. The van der Waals surface area contributed by atoms with E-state index in [0.717, 1.165) is 17.0 Å². The van der Waals surface area contributed by atoms with Gasteiger partial charge in [-0.05, 0) is 62.7 Å². The van der Waals surface area contributed by atoms with Gasteiger partial charge in [-0.25, -0.2) is 14.6 Å². The number of rotatable bonds is 6. The van der Waals surface area contributed by atoms with Crippen LogP contribution in [0.4, 0.5) is 5.69 Å². The van der Waals surface area contributed by atoms with E-state index in [1.807, 2.05) is 26.8 Å². The van der Waals surface area contributed by atoms with Crippen LogP contribution in [0.5, 0.6) is 17.4 Å². The smallest absolute Gasteiger partial charge is 0.259 e. The summed E-state index contributed by atoms with van der Waals surface area (Å²) in [6.07, 6.45) is 1.44. The topological polar surface area (TPSA) is 91.2 Å². The van der Waals surface area contributed by atoms with Crippen LogP contribution < -0.4 is 14.8 Å². The van der Waals surface area contributed by atoms with Crippen molar-refractivity contribution in [2.75, 3.05) is 12.4 Å². The van der Waals surface area contributed by atoms with Crippen molar-refractivity contribution in [3.05, 3.63) is 83.4 Å². The van der Waals surface area contributed by atoms with Gasteiger partial charge in [0.25, 0.3) is 5.91 Å². The van der Waals surface area contributed by atoms with Crippen molar-refractivity contribution in [1.29, 1.82) is 0 Å². The van der Waals surface area contributed by atoms with Gasteiger partial charge in [-0.3, -0.25) is 4.79 Å². The zero-order chi connectivity index (χ0) is 22.7. The average Bonchev–Trinajstić information content (AvgIpc) is 3.07. The van der Waals surface area contributed by atoms with E-state index < -0.39 is 0 Å². The van der Waals surface area contributed by atoms with Crippen LogP contribution in [0.1, 0.15) is 27.3 Å². The lowest BCUT2D eigenvalue weighted by Gasteiger charge is -2.10. The number of anilines is 1. The van der Waals surface area contributed by atoms with Crippen molar-refractivity contribution in [3.8, 4) is 23.2 Å². The Labute approximate surface area is 185 Å². The number of hydrogen-bond donors (Lipinski definition) is 1. The summed E-state index contributed by atoms with van der Waals surface area (Å²) in [4.78, 5) is 21.0. The maximum atomic E-state index is 12.5. The largest absolute Gasteiger partial charge is 0.496 e. The number of ether oxygens (including phenoxy) is 2. The number of nitrogens with zero attached hydrogens (tertiary/aromatic N) is 4. The van der Waals surface area contributed by atoms with Gasteiger partial charge in [-0.15, -0.1) is 0 Å². The van der Waals surface area contributed by atoms with Gasteiger partial charge in [0.2, 0.25) is 5.88 Å². The minimum absolute atomic E-state index is 0.253. The van der Waals surface area contributed by atoms with Crippen LogP contribution in [-0.2, 0) is 0 Å². The number of hydrogen-bond acceptors (Lipinski definition) is 6. The fourth-order valence-corrected chi connectivity index (χ4v) is 3.20. The highest BCUT2D eigenvalue weighted by Crippen LogP contribution is 2.24.